The van der Waals surface area contributed by atoms with Crippen molar-refractivity contribution in [2.24, 2.45) is 0 Å². The summed E-state index contributed by atoms with van der Waals surface area (Å²) in [6.45, 7) is 0. The van der Waals surface area contributed by atoms with Crippen molar-refractivity contribution in [1.82, 2.24) is 0 Å². The van der Waals surface area contributed by atoms with E-state index in [1.54, 1.807) is 0 Å². The van der Waals surface area contributed by atoms with E-state index in [1.165, 1.54) is 0 Å². The Hall–Kier alpha value is 2.23. The molecule has 0 spiro atoms. The fourth-order valence-electron chi connectivity index (χ4n) is 0. The molecule has 0 aliphatic heterocycles. The zero-order valence-corrected chi connectivity index (χ0v) is 17.3. The SMILES string of the molecule is [Gd+3].[O]=[Ta](=[O])[O-].[O]=[Ta](=[O])[O-].[O]=[Ta](=[O])[O-]. The second-order valence-corrected chi connectivity index (χ2v) is 5.49. The minimum atomic E-state index is -4.34. The molecule has 0 heterocycles. The van der Waals surface area contributed by atoms with Gasteiger partial charge in [-0.15, -0.1) is 0 Å². The van der Waals surface area contributed by atoms with Gasteiger partial charge in [0.15, 0.2) is 0 Å². The Morgan fingerprint density at radius 1 is 0.538 bits per heavy atom. The van der Waals surface area contributed by atoms with Crippen molar-refractivity contribution in [3.63, 3.8) is 0 Å². The third kappa shape index (κ3) is 429. The number of rotatable bonds is 0. The first-order chi connectivity index (χ1) is 5.20. The molecule has 0 saturated heterocycles. The van der Waals surface area contributed by atoms with Crippen LogP contribution in [0.15, 0.2) is 0 Å². The van der Waals surface area contributed by atoms with Crippen molar-refractivity contribution in [2.75, 3.05) is 0 Å². The third-order valence-corrected chi connectivity index (χ3v) is 0. The van der Waals surface area contributed by atoms with Gasteiger partial charge in [-0.2, -0.15) is 0 Å². The predicted octanol–water partition coefficient (Wildman–Crippen LogP) is -4.29. The van der Waals surface area contributed by atoms with Crippen LogP contribution in [0.4, 0.5) is 0 Å². The summed E-state index contributed by atoms with van der Waals surface area (Å²) in [6.07, 6.45) is 0. The van der Waals surface area contributed by atoms with Crippen LogP contribution in [0.25, 0.3) is 0 Å². The molecule has 0 N–H and O–H groups in total. The fourth-order valence-corrected chi connectivity index (χ4v) is 0. The van der Waals surface area contributed by atoms with Crippen LogP contribution in [0.5, 0.6) is 0 Å². The van der Waals surface area contributed by atoms with Gasteiger partial charge >= 0.3 is 127 Å². The van der Waals surface area contributed by atoms with Gasteiger partial charge < -0.3 is 0 Å². The molecule has 0 aromatic rings. The third-order valence-electron chi connectivity index (χ3n) is 0. The molecule has 77 valence electrons. The van der Waals surface area contributed by atoms with Crippen LogP contribution in [-0.4, -0.2) is 0 Å². The Kier molecular flexibility index (Phi) is 37.1. The quantitative estimate of drug-likeness (QED) is 0.234. The molecule has 0 aromatic heterocycles. The van der Waals surface area contributed by atoms with Gasteiger partial charge in [0.25, 0.3) is 0 Å². The van der Waals surface area contributed by atoms with E-state index in [2.05, 4.69) is 0 Å². The van der Waals surface area contributed by atoms with Crippen LogP contribution < -0.4 is 10.8 Å². The van der Waals surface area contributed by atoms with Crippen molar-refractivity contribution in [3.8, 4) is 0 Å². The topological polar surface area (TPSA) is 172 Å². The molecule has 0 aromatic carbocycles. The molecule has 0 atom stereocenters. The van der Waals surface area contributed by atoms with Crippen molar-refractivity contribution >= 4 is 0 Å². The molecule has 0 saturated carbocycles. The number of hydrogen-bond acceptors (Lipinski definition) is 9. The molecular formula is GdO9Ta3. The predicted molar refractivity (Wildman–Crippen MR) is 4.12 cm³/mol. The summed E-state index contributed by atoms with van der Waals surface area (Å²) in [4.78, 5) is 0. The molecule has 0 rings (SSSR count). The summed E-state index contributed by atoms with van der Waals surface area (Å²) >= 11 is -13.0. The number of hydrogen-bond donors (Lipinski definition) is 0. The molecule has 0 aliphatic rings. The van der Waals surface area contributed by atoms with Crippen LogP contribution in [0.3, 0.4) is 0 Å². The molecule has 13 heteroatoms. The summed E-state index contributed by atoms with van der Waals surface area (Å²) in [5.41, 5.74) is 0. The van der Waals surface area contributed by atoms with Crippen molar-refractivity contribution in [2.45, 2.75) is 0 Å². The fraction of sp³-hybridized carbons (Fsp3) is 0. The first-order valence-electron chi connectivity index (χ1n) is 1.64. The molecular weight excluding hydrogens is 844 g/mol. The van der Waals surface area contributed by atoms with Gasteiger partial charge in [-0.1, -0.05) is 0 Å². The standard InChI is InChI=1S/Gd.9O.3Ta/q+3;;;;;;;3*-1;;;. The zero-order chi connectivity index (χ0) is 10.7. The van der Waals surface area contributed by atoms with Gasteiger partial charge in [0.1, 0.15) is 0 Å². The first-order valence-corrected chi connectivity index (χ1v) is 13.4. The summed E-state index contributed by atoms with van der Waals surface area (Å²) in [7, 11) is 0. The molecule has 0 aliphatic carbocycles. The van der Waals surface area contributed by atoms with E-state index in [9.17, 15) is 0 Å². The van der Waals surface area contributed by atoms with E-state index in [0.29, 0.717) is 0 Å². The summed E-state index contributed by atoms with van der Waals surface area (Å²) in [5.74, 6) is 0. The van der Waals surface area contributed by atoms with Crippen LogP contribution in [0.2, 0.25) is 0 Å². The van der Waals surface area contributed by atoms with Crippen LogP contribution in [0.1, 0.15) is 0 Å². The minimum absolute atomic E-state index is 0. The molecule has 1 radical (unpaired) electrons. The molecule has 0 bridgehead atoms. The zero-order valence-electron chi connectivity index (χ0n) is 5.37. The van der Waals surface area contributed by atoms with E-state index in [4.69, 9.17) is 30.3 Å². The molecule has 9 nitrogen and oxygen atoms in total. The van der Waals surface area contributed by atoms with Crippen LogP contribution in [-0.2, 0) is 75.9 Å². The van der Waals surface area contributed by atoms with Crippen LogP contribution in [0, 0.1) is 39.9 Å². The van der Waals surface area contributed by atoms with E-state index < -0.39 is 56.4 Å². The summed E-state index contributed by atoms with van der Waals surface area (Å²) < 4.78 is 77.6. The Bertz CT molecular complexity index is 208. The first kappa shape index (κ1) is 24.5. The second kappa shape index (κ2) is 19.7. The second-order valence-electron chi connectivity index (χ2n) is 0.671. The maximum atomic E-state index is 8.62. The van der Waals surface area contributed by atoms with Gasteiger partial charge in [0, 0.05) is 0 Å². The Balaban J connectivity index is -0.0000000450. The Morgan fingerprint density at radius 2 is 0.538 bits per heavy atom. The Morgan fingerprint density at radius 3 is 0.538 bits per heavy atom. The van der Waals surface area contributed by atoms with Crippen molar-refractivity contribution in [1.29, 1.82) is 0 Å². The van der Waals surface area contributed by atoms with E-state index >= 15 is 0 Å². The molecule has 13 heavy (non-hydrogen) atoms. The van der Waals surface area contributed by atoms with Gasteiger partial charge in [0.2, 0.25) is 0 Å². The Labute approximate surface area is 124 Å². The maximum absolute atomic E-state index is 8.62. The average Bonchev–Trinajstić information content (AvgIpc) is 1.54. The average molecular weight is 844 g/mol. The van der Waals surface area contributed by atoms with Crippen molar-refractivity contribution in [3.05, 3.63) is 0 Å². The van der Waals surface area contributed by atoms with Crippen molar-refractivity contribution < 1.29 is 127 Å². The van der Waals surface area contributed by atoms with Gasteiger partial charge in [0.05, 0.1) is 0 Å². The summed E-state index contributed by atoms with van der Waals surface area (Å²) in [5, 5.41) is 0. The monoisotopic (exact) mass is 845 g/mol. The molecule has 0 amide bonds. The normalized spacial score (nSPS) is 5.77. The van der Waals surface area contributed by atoms with E-state index in [-0.39, 0.29) is 39.9 Å². The van der Waals surface area contributed by atoms with Crippen LogP contribution >= 0.6 is 0 Å². The van der Waals surface area contributed by atoms with Gasteiger partial charge in [-0.25, -0.2) is 0 Å². The van der Waals surface area contributed by atoms with Gasteiger partial charge in [-0.3, -0.25) is 0 Å². The summed E-state index contributed by atoms with van der Waals surface area (Å²) in [6, 6.07) is 0. The van der Waals surface area contributed by atoms with E-state index in [0.717, 1.165) is 0 Å². The van der Waals surface area contributed by atoms with E-state index in [1.807, 2.05) is 0 Å². The van der Waals surface area contributed by atoms with Gasteiger partial charge in [-0.05, 0) is 0 Å². The molecule has 0 fully saturated rings. The molecule has 0 unspecified atom stereocenters.